The number of benzene rings is 1. The van der Waals surface area contributed by atoms with Crippen LogP contribution in [0, 0.1) is 11.8 Å². The predicted octanol–water partition coefficient (Wildman–Crippen LogP) is 2.44. The van der Waals surface area contributed by atoms with Crippen LogP contribution >= 0.6 is 11.6 Å². The number of hydrogen-bond acceptors (Lipinski definition) is 3. The number of likely N-dealkylation sites (tertiary alicyclic amines) is 2. The van der Waals surface area contributed by atoms with Gasteiger partial charge >= 0.3 is 0 Å². The molecule has 132 valence electrons. The summed E-state index contributed by atoms with van der Waals surface area (Å²) in [6, 6.07) is 7.69. The average Bonchev–Trinajstić information content (AvgIpc) is 3.24. The van der Waals surface area contributed by atoms with Gasteiger partial charge in [-0.15, -0.1) is 0 Å². The van der Waals surface area contributed by atoms with Gasteiger partial charge in [-0.05, 0) is 56.0 Å². The second-order valence-corrected chi connectivity index (χ2v) is 7.57. The quantitative estimate of drug-likeness (QED) is 0.857. The lowest BCUT2D eigenvalue weighted by molar-refractivity contribution is -0.130. The number of nitrogens with zero attached hydrogens (tertiary/aromatic N) is 2. The van der Waals surface area contributed by atoms with Crippen LogP contribution in [0.4, 0.5) is 0 Å². The minimum absolute atomic E-state index is 0.180. The van der Waals surface area contributed by atoms with E-state index in [0.717, 1.165) is 30.1 Å². The van der Waals surface area contributed by atoms with Crippen LogP contribution in [-0.4, -0.2) is 60.1 Å². The molecular formula is C19H27ClN2O2. The largest absolute Gasteiger partial charge is 0.396 e. The Balaban J connectivity index is 1.50. The fourth-order valence-electron chi connectivity index (χ4n) is 3.91. The summed E-state index contributed by atoms with van der Waals surface area (Å²) in [6.45, 7) is 5.03. The van der Waals surface area contributed by atoms with Crippen molar-refractivity contribution in [2.45, 2.75) is 25.7 Å². The molecular weight excluding hydrogens is 324 g/mol. The molecule has 0 aliphatic carbocycles. The van der Waals surface area contributed by atoms with E-state index in [1.54, 1.807) is 0 Å². The first-order valence-corrected chi connectivity index (χ1v) is 9.39. The molecule has 0 unspecified atom stereocenters. The van der Waals surface area contributed by atoms with Crippen molar-refractivity contribution in [1.29, 1.82) is 0 Å². The van der Waals surface area contributed by atoms with Gasteiger partial charge in [0, 0.05) is 43.6 Å². The summed E-state index contributed by atoms with van der Waals surface area (Å²) in [7, 11) is 0. The van der Waals surface area contributed by atoms with E-state index in [9.17, 15) is 9.90 Å². The first-order valence-electron chi connectivity index (χ1n) is 9.01. The highest BCUT2D eigenvalue weighted by Crippen LogP contribution is 2.26. The number of halogens is 1. The minimum atomic E-state index is 0.180. The van der Waals surface area contributed by atoms with Gasteiger partial charge in [-0.3, -0.25) is 4.79 Å². The van der Waals surface area contributed by atoms with Crippen molar-refractivity contribution >= 4 is 17.5 Å². The van der Waals surface area contributed by atoms with Crippen molar-refractivity contribution < 1.29 is 9.90 Å². The highest BCUT2D eigenvalue weighted by atomic mass is 35.5. The van der Waals surface area contributed by atoms with E-state index < -0.39 is 0 Å². The zero-order valence-corrected chi connectivity index (χ0v) is 14.9. The van der Waals surface area contributed by atoms with Gasteiger partial charge in [0.2, 0.25) is 5.91 Å². The molecule has 2 atom stereocenters. The number of aryl methyl sites for hydroxylation is 1. The molecule has 0 spiro atoms. The van der Waals surface area contributed by atoms with Crippen molar-refractivity contribution in [3.05, 3.63) is 34.9 Å². The summed E-state index contributed by atoms with van der Waals surface area (Å²) < 4.78 is 0. The third-order valence-electron chi connectivity index (χ3n) is 5.40. The summed E-state index contributed by atoms with van der Waals surface area (Å²) in [5, 5.41) is 10.4. The minimum Gasteiger partial charge on any atom is -0.396 e. The Morgan fingerprint density at radius 2 is 1.79 bits per heavy atom. The van der Waals surface area contributed by atoms with E-state index in [1.165, 1.54) is 25.9 Å². The van der Waals surface area contributed by atoms with E-state index >= 15 is 0 Å². The first-order chi connectivity index (χ1) is 11.7. The van der Waals surface area contributed by atoms with Crippen LogP contribution in [0.5, 0.6) is 0 Å². The first kappa shape index (κ1) is 17.7. The van der Waals surface area contributed by atoms with E-state index in [4.69, 9.17) is 11.6 Å². The number of hydrogen-bond donors (Lipinski definition) is 1. The van der Waals surface area contributed by atoms with Gasteiger partial charge in [-0.25, -0.2) is 0 Å². The van der Waals surface area contributed by atoms with Gasteiger partial charge in [0.15, 0.2) is 0 Å². The Labute approximate surface area is 149 Å². The highest BCUT2D eigenvalue weighted by Gasteiger charge is 2.35. The van der Waals surface area contributed by atoms with Gasteiger partial charge in [0.25, 0.3) is 0 Å². The van der Waals surface area contributed by atoms with Crippen molar-refractivity contribution in [3.8, 4) is 0 Å². The third kappa shape index (κ3) is 4.50. The number of amides is 1. The number of aliphatic hydroxyl groups excluding tert-OH is 1. The lowest BCUT2D eigenvalue weighted by Crippen LogP contribution is -2.32. The molecule has 5 heteroatoms. The summed E-state index contributed by atoms with van der Waals surface area (Å²) in [4.78, 5) is 17.0. The van der Waals surface area contributed by atoms with Crippen molar-refractivity contribution in [1.82, 2.24) is 9.80 Å². The molecule has 2 heterocycles. The monoisotopic (exact) mass is 350 g/mol. The molecule has 1 N–H and O–H groups in total. The maximum atomic E-state index is 12.5. The molecule has 2 fully saturated rings. The molecule has 2 aliphatic rings. The second kappa shape index (κ2) is 8.32. The van der Waals surface area contributed by atoms with Crippen molar-refractivity contribution in [2.75, 3.05) is 39.3 Å². The maximum Gasteiger partial charge on any atom is 0.222 e. The predicted molar refractivity (Wildman–Crippen MR) is 96.1 cm³/mol. The summed E-state index contributed by atoms with van der Waals surface area (Å²) >= 11 is 5.89. The maximum absolute atomic E-state index is 12.5. The number of aliphatic hydroxyl groups is 1. The standard InChI is InChI=1S/C19H27ClN2O2/c20-18-6-3-15(4-7-18)5-8-19(24)22-12-16(17(13-22)14-23)11-21-9-1-2-10-21/h3-4,6-7,16-17,23H,1-2,5,8-14H2/t16-,17-/m1/s1. The summed E-state index contributed by atoms with van der Waals surface area (Å²) in [6.07, 6.45) is 3.82. The lowest BCUT2D eigenvalue weighted by Gasteiger charge is -2.22. The van der Waals surface area contributed by atoms with Gasteiger partial charge in [0.1, 0.15) is 0 Å². The molecule has 0 aromatic heterocycles. The molecule has 24 heavy (non-hydrogen) atoms. The fraction of sp³-hybridized carbons (Fsp3) is 0.632. The van der Waals surface area contributed by atoms with E-state index in [1.807, 2.05) is 29.2 Å². The van der Waals surface area contributed by atoms with Crippen molar-refractivity contribution in [3.63, 3.8) is 0 Å². The second-order valence-electron chi connectivity index (χ2n) is 7.14. The van der Waals surface area contributed by atoms with Gasteiger partial charge < -0.3 is 14.9 Å². The lowest BCUT2D eigenvalue weighted by atomic mass is 9.96. The topological polar surface area (TPSA) is 43.8 Å². The molecule has 3 rings (SSSR count). The number of rotatable bonds is 6. The zero-order chi connectivity index (χ0) is 16.9. The Bertz CT molecular complexity index is 543. The summed E-state index contributed by atoms with van der Waals surface area (Å²) in [5.74, 6) is 0.838. The van der Waals surface area contributed by atoms with E-state index in [0.29, 0.717) is 18.9 Å². The molecule has 0 saturated carbocycles. The molecule has 0 radical (unpaired) electrons. The zero-order valence-electron chi connectivity index (χ0n) is 14.2. The van der Waals surface area contributed by atoms with E-state index in [-0.39, 0.29) is 18.4 Å². The van der Waals surface area contributed by atoms with Gasteiger partial charge in [0.05, 0.1) is 0 Å². The van der Waals surface area contributed by atoms with Crippen LogP contribution in [0.25, 0.3) is 0 Å². The Kier molecular flexibility index (Phi) is 6.14. The highest BCUT2D eigenvalue weighted by molar-refractivity contribution is 6.30. The van der Waals surface area contributed by atoms with Crippen molar-refractivity contribution in [2.24, 2.45) is 11.8 Å². The Hall–Kier alpha value is -1.10. The van der Waals surface area contributed by atoms with Crippen LogP contribution in [0.15, 0.2) is 24.3 Å². The number of carbonyl (C=O) groups excluding carboxylic acids is 1. The SMILES string of the molecule is O=C(CCc1ccc(Cl)cc1)N1C[C@@H](CN2CCCC2)[C@@H](CO)C1. The van der Waals surface area contributed by atoms with Crippen LogP contribution in [0.3, 0.4) is 0 Å². The molecule has 1 aromatic carbocycles. The summed E-state index contributed by atoms with van der Waals surface area (Å²) in [5.41, 5.74) is 1.14. The molecule has 1 amide bonds. The Morgan fingerprint density at radius 3 is 2.46 bits per heavy atom. The van der Waals surface area contributed by atoms with Crippen LogP contribution < -0.4 is 0 Å². The van der Waals surface area contributed by atoms with Crippen LogP contribution in [-0.2, 0) is 11.2 Å². The smallest absolute Gasteiger partial charge is 0.222 e. The van der Waals surface area contributed by atoms with Gasteiger partial charge in [-0.2, -0.15) is 0 Å². The van der Waals surface area contributed by atoms with Gasteiger partial charge in [-0.1, -0.05) is 23.7 Å². The van der Waals surface area contributed by atoms with Crippen LogP contribution in [0.1, 0.15) is 24.8 Å². The normalized spacial score (nSPS) is 24.7. The molecule has 1 aromatic rings. The van der Waals surface area contributed by atoms with E-state index in [2.05, 4.69) is 4.90 Å². The molecule has 2 saturated heterocycles. The molecule has 0 bridgehead atoms. The molecule has 2 aliphatic heterocycles. The third-order valence-corrected chi connectivity index (χ3v) is 5.65. The van der Waals surface area contributed by atoms with Crippen LogP contribution in [0.2, 0.25) is 5.02 Å². The average molecular weight is 351 g/mol. The Morgan fingerprint density at radius 1 is 1.12 bits per heavy atom. The molecule has 4 nitrogen and oxygen atoms in total. The number of carbonyl (C=O) groups is 1. The fourth-order valence-corrected chi connectivity index (χ4v) is 4.04.